The molecule has 0 radical (unpaired) electrons. The Morgan fingerprint density at radius 2 is 1.87 bits per heavy atom. The molecule has 0 saturated carbocycles. The van der Waals surface area contributed by atoms with E-state index >= 15 is 0 Å². The highest BCUT2D eigenvalue weighted by Crippen LogP contribution is 2.27. The van der Waals surface area contributed by atoms with Gasteiger partial charge in [0.15, 0.2) is 5.58 Å². The van der Waals surface area contributed by atoms with Crippen molar-refractivity contribution >= 4 is 40.2 Å². The number of carbonyl (C=O) groups is 1. The average Bonchev–Trinajstić information content (AvgIpc) is 2.97. The molecule has 4 rings (SSSR count). The van der Waals surface area contributed by atoms with Crippen molar-refractivity contribution in [2.75, 3.05) is 21.9 Å². The molecule has 1 saturated heterocycles. The molecule has 160 valence electrons. The van der Waals surface area contributed by atoms with Crippen LogP contribution >= 0.6 is 11.9 Å². The van der Waals surface area contributed by atoms with Crippen LogP contribution in [-0.4, -0.2) is 23.4 Å². The predicted octanol–water partition coefficient (Wildman–Crippen LogP) is 6.83. The molecule has 30 heavy (non-hydrogen) atoms. The minimum Gasteiger partial charge on any atom is -0.356 e. The van der Waals surface area contributed by atoms with Gasteiger partial charge >= 0.3 is 0 Å². The Bertz CT molecular complexity index is 943. The lowest BCUT2D eigenvalue weighted by molar-refractivity contribution is 0.102. The summed E-state index contributed by atoms with van der Waals surface area (Å²) >= 11 is 1.88. The van der Waals surface area contributed by atoms with Gasteiger partial charge in [0.1, 0.15) is 0 Å². The van der Waals surface area contributed by atoms with Crippen molar-refractivity contribution in [1.82, 2.24) is 5.16 Å². The summed E-state index contributed by atoms with van der Waals surface area (Å²) in [6, 6.07) is 13.4. The fourth-order valence-corrected chi connectivity index (χ4v) is 4.18. The zero-order valence-electron chi connectivity index (χ0n) is 18.1. The number of nitrogens with one attached hydrogen (secondary N) is 1. The third-order valence-electron chi connectivity index (χ3n) is 5.08. The van der Waals surface area contributed by atoms with Crippen molar-refractivity contribution in [3.05, 3.63) is 53.7 Å². The zero-order chi connectivity index (χ0) is 21.3. The molecule has 0 atom stereocenters. The molecule has 0 aliphatic carbocycles. The molecule has 1 aromatic heterocycles. The van der Waals surface area contributed by atoms with Crippen molar-refractivity contribution in [2.45, 2.75) is 52.9 Å². The van der Waals surface area contributed by atoms with Crippen LogP contribution < -0.4 is 9.62 Å². The Morgan fingerprint density at radius 1 is 1.10 bits per heavy atom. The first-order valence-corrected chi connectivity index (χ1v) is 11.7. The maximum Gasteiger partial charge on any atom is 0.255 e. The van der Waals surface area contributed by atoms with E-state index in [1.54, 1.807) is 0 Å². The van der Waals surface area contributed by atoms with Gasteiger partial charge in [0, 0.05) is 34.6 Å². The van der Waals surface area contributed by atoms with Crippen LogP contribution in [0, 0.1) is 6.92 Å². The summed E-state index contributed by atoms with van der Waals surface area (Å²) in [5.74, 6) is 1.04. The van der Waals surface area contributed by atoms with E-state index in [0.717, 1.165) is 40.3 Å². The lowest BCUT2D eigenvalue weighted by Crippen LogP contribution is -2.15. The number of hydrogen-bond acceptors (Lipinski definition) is 5. The second kappa shape index (κ2) is 11.1. The molecule has 5 nitrogen and oxygen atoms in total. The van der Waals surface area contributed by atoms with Crippen molar-refractivity contribution in [3.63, 3.8) is 0 Å². The summed E-state index contributed by atoms with van der Waals surface area (Å²) in [5.41, 5.74) is 4.09. The highest BCUT2D eigenvalue weighted by Gasteiger charge is 2.13. The van der Waals surface area contributed by atoms with Gasteiger partial charge in [-0.1, -0.05) is 38.3 Å². The Kier molecular flexibility index (Phi) is 8.20. The number of anilines is 2. The van der Waals surface area contributed by atoms with E-state index in [4.69, 9.17) is 4.52 Å². The van der Waals surface area contributed by atoms with E-state index in [-0.39, 0.29) is 5.91 Å². The van der Waals surface area contributed by atoms with Crippen molar-refractivity contribution in [2.24, 2.45) is 0 Å². The number of rotatable bonds is 4. The van der Waals surface area contributed by atoms with Crippen LogP contribution in [0.3, 0.4) is 0 Å². The number of amides is 1. The minimum absolute atomic E-state index is 0.117. The van der Waals surface area contributed by atoms with Gasteiger partial charge < -0.3 is 14.1 Å². The van der Waals surface area contributed by atoms with E-state index in [1.807, 2.05) is 61.3 Å². The molecule has 6 heteroatoms. The average molecular weight is 426 g/mol. The number of unbranched alkanes of at least 4 members (excludes halogenated alkanes) is 1. The first kappa shape index (κ1) is 22.2. The summed E-state index contributed by atoms with van der Waals surface area (Å²) < 4.78 is 7.53. The van der Waals surface area contributed by atoms with Gasteiger partial charge in [-0.3, -0.25) is 4.79 Å². The van der Waals surface area contributed by atoms with E-state index in [1.165, 1.54) is 32.1 Å². The number of fused-ring (bicyclic) bond motifs is 1. The van der Waals surface area contributed by atoms with Gasteiger partial charge in [0.25, 0.3) is 5.91 Å². The minimum atomic E-state index is -0.117. The van der Waals surface area contributed by atoms with E-state index in [2.05, 4.69) is 28.6 Å². The van der Waals surface area contributed by atoms with Gasteiger partial charge in [-0.25, -0.2) is 0 Å². The summed E-state index contributed by atoms with van der Waals surface area (Å²) in [5, 5.41) is 7.80. The van der Waals surface area contributed by atoms with Crippen LogP contribution in [0.4, 0.5) is 11.4 Å². The largest absolute Gasteiger partial charge is 0.356 e. The summed E-state index contributed by atoms with van der Waals surface area (Å²) in [6.45, 7) is 7.31. The first-order chi connectivity index (χ1) is 14.6. The molecule has 3 aromatic rings. The maximum absolute atomic E-state index is 12.5. The molecule has 1 N–H and O–H groups in total. The lowest BCUT2D eigenvalue weighted by atomic mass is 10.1. The topological polar surface area (TPSA) is 58.4 Å². The second-order valence-electron chi connectivity index (χ2n) is 7.48. The quantitative estimate of drug-likeness (QED) is 0.464. The Morgan fingerprint density at radius 3 is 2.60 bits per heavy atom. The summed E-state index contributed by atoms with van der Waals surface area (Å²) in [4.78, 5) is 12.5. The van der Waals surface area contributed by atoms with E-state index in [9.17, 15) is 4.79 Å². The highest BCUT2D eigenvalue weighted by atomic mass is 32.2. The number of carbonyl (C=O) groups excluding carboxylic acids is 1. The molecule has 0 unspecified atom stereocenters. The molecule has 0 bridgehead atoms. The zero-order valence-corrected chi connectivity index (χ0v) is 18.9. The third-order valence-corrected chi connectivity index (χ3v) is 6.25. The van der Waals surface area contributed by atoms with Crippen molar-refractivity contribution < 1.29 is 9.32 Å². The van der Waals surface area contributed by atoms with Crippen LogP contribution in [0.1, 0.15) is 62.0 Å². The molecular weight excluding hydrogens is 394 g/mol. The maximum atomic E-state index is 12.5. The van der Waals surface area contributed by atoms with Gasteiger partial charge in [-0.2, -0.15) is 0 Å². The van der Waals surface area contributed by atoms with Crippen LogP contribution in [0.2, 0.25) is 0 Å². The van der Waals surface area contributed by atoms with Gasteiger partial charge in [-0.15, -0.1) is 0 Å². The van der Waals surface area contributed by atoms with E-state index < -0.39 is 0 Å². The van der Waals surface area contributed by atoms with Gasteiger partial charge in [0.2, 0.25) is 0 Å². The van der Waals surface area contributed by atoms with Crippen molar-refractivity contribution in [1.29, 1.82) is 0 Å². The molecule has 1 fully saturated rings. The van der Waals surface area contributed by atoms with Crippen LogP contribution in [0.15, 0.2) is 47.0 Å². The second-order valence-corrected chi connectivity index (χ2v) is 8.58. The number of hydrogen-bond donors (Lipinski definition) is 1. The third kappa shape index (κ3) is 5.79. The standard InChI is InChI=1S/C20H21N3O2S.C4H10/c1-14-18-13-16(7-10-19(18)25-22-14)21-20(24)15-5-8-17(9-6-15)23-11-3-2-4-12-26-23;1-3-4-2/h5-10,13H,2-4,11-12H2,1H3,(H,21,24);3-4H2,1-2H3. The summed E-state index contributed by atoms with van der Waals surface area (Å²) in [7, 11) is 0. The van der Waals surface area contributed by atoms with E-state index in [0.29, 0.717) is 5.56 Å². The van der Waals surface area contributed by atoms with Crippen LogP contribution in [0.5, 0.6) is 0 Å². The molecule has 2 heterocycles. The lowest BCUT2D eigenvalue weighted by Gasteiger charge is -2.21. The van der Waals surface area contributed by atoms with Gasteiger partial charge in [-0.05, 0) is 74.2 Å². The molecular formula is C24H31N3O2S. The van der Waals surface area contributed by atoms with Crippen molar-refractivity contribution in [3.8, 4) is 0 Å². The number of benzene rings is 2. The highest BCUT2D eigenvalue weighted by molar-refractivity contribution is 8.00. The molecule has 0 spiro atoms. The first-order valence-electron chi connectivity index (χ1n) is 10.8. The SMILES string of the molecule is CCCC.Cc1noc2ccc(NC(=O)c3ccc(N4CCCCCS4)cc3)cc12. The number of aryl methyl sites for hydroxylation is 1. The smallest absolute Gasteiger partial charge is 0.255 e. The molecule has 1 aliphatic heterocycles. The van der Waals surface area contributed by atoms with Gasteiger partial charge in [0.05, 0.1) is 5.69 Å². The molecule has 1 amide bonds. The number of nitrogens with zero attached hydrogens (tertiary/aromatic N) is 2. The van der Waals surface area contributed by atoms with Crippen LogP contribution in [0.25, 0.3) is 11.0 Å². The number of aromatic nitrogens is 1. The Balaban J connectivity index is 0.000000589. The predicted molar refractivity (Wildman–Crippen MR) is 127 cm³/mol. The monoisotopic (exact) mass is 425 g/mol. The molecule has 2 aromatic carbocycles. The Hall–Kier alpha value is -2.47. The van der Waals surface area contributed by atoms with Crippen LogP contribution in [-0.2, 0) is 0 Å². The summed E-state index contributed by atoms with van der Waals surface area (Å²) in [6.07, 6.45) is 6.43. The normalized spacial score (nSPS) is 14.0. The molecule has 1 aliphatic rings. The fourth-order valence-electron chi connectivity index (χ4n) is 3.10. The fraction of sp³-hybridized carbons (Fsp3) is 0.417. The Labute approximate surface area is 183 Å².